The first kappa shape index (κ1) is 13.4. The Morgan fingerprint density at radius 3 is 2.62 bits per heavy atom. The smallest absolute Gasteiger partial charge is 0.408 e. The number of alkyl halides is 3. The number of anilines is 2. The molecule has 1 aromatic carbocycles. The summed E-state index contributed by atoms with van der Waals surface area (Å²) in [4.78, 5) is 4.20. The fourth-order valence-corrected chi connectivity index (χ4v) is 1.92. The van der Waals surface area contributed by atoms with Crippen LogP contribution in [0.2, 0.25) is 0 Å². The van der Waals surface area contributed by atoms with Crippen molar-refractivity contribution in [1.82, 2.24) is 19.7 Å². The highest BCUT2D eigenvalue weighted by atomic mass is 19.4. The number of nitrogens with one attached hydrogen (secondary N) is 1. The summed E-state index contributed by atoms with van der Waals surface area (Å²) in [5.74, 6) is 0.684. The molecule has 0 radical (unpaired) electrons. The first-order chi connectivity index (χ1) is 9.84. The molecule has 0 saturated carbocycles. The molecular weight excluding hydrogens is 287 g/mol. The van der Waals surface area contributed by atoms with Gasteiger partial charge in [-0.15, -0.1) is 5.10 Å². The van der Waals surface area contributed by atoms with E-state index >= 15 is 0 Å². The predicted molar refractivity (Wildman–Crippen MR) is 68.0 cm³/mol. The Kier molecular flexibility index (Phi) is 2.85. The molecule has 1 N–H and O–H groups in total. The maximum Gasteiger partial charge on any atom is 0.416 e. The fraction of sp³-hybridized carbons (Fsp3) is 0.250. The van der Waals surface area contributed by atoms with Gasteiger partial charge in [-0.05, 0) is 18.2 Å². The maximum atomic E-state index is 12.7. The highest BCUT2D eigenvalue weighted by molar-refractivity contribution is 5.80. The SMILES string of the molecule is Cc1nnc(Nc2nc3ccc(C(F)(F)F)cc3n2C)o1. The van der Waals surface area contributed by atoms with Gasteiger partial charge in [-0.3, -0.25) is 5.32 Å². The zero-order valence-corrected chi connectivity index (χ0v) is 11.1. The number of benzene rings is 1. The second-order valence-corrected chi connectivity index (χ2v) is 4.45. The highest BCUT2D eigenvalue weighted by Gasteiger charge is 2.31. The number of aromatic nitrogens is 4. The van der Waals surface area contributed by atoms with Crippen LogP contribution in [0.1, 0.15) is 11.5 Å². The molecule has 0 atom stereocenters. The van der Waals surface area contributed by atoms with Crippen LogP contribution in [-0.4, -0.2) is 19.7 Å². The van der Waals surface area contributed by atoms with Crippen molar-refractivity contribution >= 4 is 23.0 Å². The van der Waals surface area contributed by atoms with Crippen molar-refractivity contribution in [1.29, 1.82) is 0 Å². The van der Waals surface area contributed by atoms with Crippen LogP contribution in [0.4, 0.5) is 25.1 Å². The van der Waals surface area contributed by atoms with Crippen molar-refractivity contribution in [2.24, 2.45) is 7.05 Å². The second-order valence-electron chi connectivity index (χ2n) is 4.45. The van der Waals surface area contributed by atoms with Crippen molar-refractivity contribution in [2.45, 2.75) is 13.1 Å². The first-order valence-corrected chi connectivity index (χ1v) is 5.95. The van der Waals surface area contributed by atoms with Crippen molar-refractivity contribution in [3.63, 3.8) is 0 Å². The summed E-state index contributed by atoms with van der Waals surface area (Å²) >= 11 is 0. The van der Waals surface area contributed by atoms with Gasteiger partial charge < -0.3 is 8.98 Å². The Labute approximate surface area is 116 Å². The van der Waals surface area contributed by atoms with Crippen LogP contribution in [0.5, 0.6) is 0 Å². The molecule has 21 heavy (non-hydrogen) atoms. The zero-order chi connectivity index (χ0) is 15.2. The van der Waals surface area contributed by atoms with Gasteiger partial charge in [0, 0.05) is 14.0 Å². The molecule has 2 heterocycles. The van der Waals surface area contributed by atoms with Crippen LogP contribution >= 0.6 is 0 Å². The molecule has 0 aliphatic rings. The third-order valence-electron chi connectivity index (χ3n) is 2.95. The summed E-state index contributed by atoms with van der Waals surface area (Å²) in [7, 11) is 1.60. The number of hydrogen-bond acceptors (Lipinski definition) is 5. The van der Waals surface area contributed by atoms with Crippen LogP contribution < -0.4 is 5.32 Å². The molecule has 0 fully saturated rings. The summed E-state index contributed by atoms with van der Waals surface area (Å²) in [5, 5.41) is 10.2. The number of aryl methyl sites for hydroxylation is 2. The van der Waals surface area contributed by atoms with E-state index in [1.54, 1.807) is 14.0 Å². The standard InChI is InChI=1S/C12H10F3N5O/c1-6-18-19-11(21-6)17-10-16-8-4-3-7(12(13,14)15)5-9(8)20(10)2/h3-5H,1-2H3,(H,16,17,19). The largest absolute Gasteiger partial charge is 0.416 e. The molecule has 0 unspecified atom stereocenters. The normalized spacial score (nSPS) is 12.0. The van der Waals surface area contributed by atoms with Crippen LogP contribution in [0.15, 0.2) is 22.6 Å². The molecule has 110 valence electrons. The average molecular weight is 297 g/mol. The number of fused-ring (bicyclic) bond motifs is 1. The third-order valence-corrected chi connectivity index (χ3v) is 2.95. The Bertz CT molecular complexity index is 805. The lowest BCUT2D eigenvalue weighted by molar-refractivity contribution is -0.137. The Morgan fingerprint density at radius 1 is 1.24 bits per heavy atom. The van der Waals surface area contributed by atoms with Gasteiger partial charge in [0.05, 0.1) is 16.6 Å². The van der Waals surface area contributed by atoms with Crippen molar-refractivity contribution < 1.29 is 17.6 Å². The number of hydrogen-bond donors (Lipinski definition) is 1. The minimum absolute atomic E-state index is 0.127. The zero-order valence-electron chi connectivity index (χ0n) is 11.1. The number of imidazole rings is 1. The Morgan fingerprint density at radius 2 is 2.00 bits per heavy atom. The van der Waals surface area contributed by atoms with Crippen molar-refractivity contribution in [3.8, 4) is 0 Å². The van der Waals surface area contributed by atoms with Gasteiger partial charge >= 0.3 is 12.2 Å². The molecule has 9 heteroatoms. The van der Waals surface area contributed by atoms with Crippen molar-refractivity contribution in [2.75, 3.05) is 5.32 Å². The minimum Gasteiger partial charge on any atom is -0.408 e. The fourth-order valence-electron chi connectivity index (χ4n) is 1.92. The van der Waals surface area contributed by atoms with E-state index < -0.39 is 11.7 Å². The number of halogens is 3. The van der Waals surface area contributed by atoms with E-state index in [4.69, 9.17) is 4.42 Å². The summed E-state index contributed by atoms with van der Waals surface area (Å²) in [6.07, 6.45) is -4.39. The van der Waals surface area contributed by atoms with E-state index in [0.717, 1.165) is 12.1 Å². The molecule has 0 bridgehead atoms. The van der Waals surface area contributed by atoms with Crippen LogP contribution in [0.3, 0.4) is 0 Å². The van der Waals surface area contributed by atoms with E-state index in [2.05, 4.69) is 20.5 Å². The minimum atomic E-state index is -4.39. The van der Waals surface area contributed by atoms with Gasteiger partial charge in [-0.2, -0.15) is 13.2 Å². The van der Waals surface area contributed by atoms with E-state index in [1.165, 1.54) is 10.6 Å². The molecule has 0 aliphatic heterocycles. The molecule has 0 amide bonds. The van der Waals surface area contributed by atoms with Gasteiger partial charge in [-0.25, -0.2) is 4.98 Å². The summed E-state index contributed by atoms with van der Waals surface area (Å²) < 4.78 is 44.8. The van der Waals surface area contributed by atoms with E-state index in [9.17, 15) is 13.2 Å². The summed E-state index contributed by atoms with van der Waals surface area (Å²) in [6.45, 7) is 1.63. The van der Waals surface area contributed by atoms with Crippen LogP contribution in [-0.2, 0) is 13.2 Å². The van der Waals surface area contributed by atoms with Gasteiger partial charge in [0.15, 0.2) is 0 Å². The monoisotopic (exact) mass is 297 g/mol. The lowest BCUT2D eigenvalue weighted by atomic mass is 10.2. The second kappa shape index (κ2) is 4.47. The predicted octanol–water partition coefficient (Wildman–Crippen LogP) is 3.03. The number of rotatable bonds is 2. The number of nitrogens with zero attached hydrogens (tertiary/aromatic N) is 4. The molecule has 0 aliphatic carbocycles. The van der Waals surface area contributed by atoms with E-state index in [0.29, 0.717) is 22.9 Å². The van der Waals surface area contributed by atoms with Gasteiger partial charge in [0.2, 0.25) is 11.8 Å². The molecule has 0 spiro atoms. The van der Waals surface area contributed by atoms with Crippen LogP contribution in [0, 0.1) is 6.92 Å². The lowest BCUT2D eigenvalue weighted by Gasteiger charge is -2.06. The van der Waals surface area contributed by atoms with Gasteiger partial charge in [0.25, 0.3) is 0 Å². The Hall–Kier alpha value is -2.58. The quantitative estimate of drug-likeness (QED) is 0.787. The van der Waals surface area contributed by atoms with Crippen LogP contribution in [0.25, 0.3) is 11.0 Å². The molecule has 3 rings (SSSR count). The lowest BCUT2D eigenvalue weighted by Crippen LogP contribution is -2.05. The topological polar surface area (TPSA) is 68.8 Å². The van der Waals surface area contributed by atoms with E-state index in [-0.39, 0.29) is 6.01 Å². The average Bonchev–Trinajstić information content (AvgIpc) is 2.94. The summed E-state index contributed by atoms with van der Waals surface area (Å²) in [6, 6.07) is 3.49. The molecular formula is C12H10F3N5O. The summed E-state index contributed by atoms with van der Waals surface area (Å²) in [5.41, 5.74) is 0.0611. The van der Waals surface area contributed by atoms with E-state index in [1.807, 2.05) is 0 Å². The Balaban J connectivity index is 2.03. The third kappa shape index (κ3) is 2.41. The first-order valence-electron chi connectivity index (χ1n) is 5.95. The molecule has 2 aromatic heterocycles. The van der Waals surface area contributed by atoms with Gasteiger partial charge in [-0.1, -0.05) is 5.10 Å². The molecule has 0 saturated heterocycles. The molecule has 6 nitrogen and oxygen atoms in total. The van der Waals surface area contributed by atoms with Gasteiger partial charge in [0.1, 0.15) is 0 Å². The van der Waals surface area contributed by atoms with Crippen molar-refractivity contribution in [3.05, 3.63) is 29.7 Å². The maximum absolute atomic E-state index is 12.7. The highest BCUT2D eigenvalue weighted by Crippen LogP contribution is 2.32. The molecule has 3 aromatic rings.